The lowest BCUT2D eigenvalue weighted by Gasteiger charge is -2.07. The average Bonchev–Trinajstić information content (AvgIpc) is 2.29. The summed E-state index contributed by atoms with van der Waals surface area (Å²) in [5, 5.41) is 19.9. The summed E-state index contributed by atoms with van der Waals surface area (Å²) in [6.45, 7) is 0.126. The Morgan fingerprint density at radius 2 is 1.88 bits per heavy atom. The van der Waals surface area contributed by atoms with Gasteiger partial charge in [-0.3, -0.25) is 4.79 Å². The number of hydrogen-bond donors (Lipinski definition) is 3. The number of carboxylic acids is 1. The van der Waals surface area contributed by atoms with Gasteiger partial charge in [0.25, 0.3) is 5.91 Å². The second kappa shape index (κ2) is 5.87. The molecule has 3 N–H and O–H groups in total. The summed E-state index contributed by atoms with van der Waals surface area (Å²) in [5.74, 6) is -1.56. The van der Waals surface area contributed by atoms with E-state index in [1.54, 1.807) is 30.3 Å². The summed E-state index contributed by atoms with van der Waals surface area (Å²) in [4.78, 5) is 21.7. The lowest BCUT2D eigenvalue weighted by molar-refractivity contribution is -0.146. The minimum Gasteiger partial charge on any atom is -0.479 e. The zero-order valence-corrected chi connectivity index (χ0v) is 8.59. The summed E-state index contributed by atoms with van der Waals surface area (Å²) >= 11 is 0. The van der Waals surface area contributed by atoms with E-state index in [0.29, 0.717) is 5.56 Å². The molecule has 0 radical (unpaired) electrons. The minimum atomic E-state index is -1.43. The van der Waals surface area contributed by atoms with Crippen LogP contribution in [0.25, 0.3) is 0 Å². The van der Waals surface area contributed by atoms with E-state index in [1.165, 1.54) is 0 Å². The van der Waals surface area contributed by atoms with E-state index in [4.69, 9.17) is 10.2 Å². The van der Waals surface area contributed by atoms with Crippen molar-refractivity contribution in [2.45, 2.75) is 12.5 Å². The van der Waals surface area contributed by atoms with Crippen molar-refractivity contribution in [3.63, 3.8) is 0 Å². The highest BCUT2D eigenvalue weighted by atomic mass is 16.4. The first kappa shape index (κ1) is 12.2. The molecule has 1 amide bonds. The smallest absolute Gasteiger partial charge is 0.332 e. The molecule has 0 aromatic heterocycles. The molecular formula is C11H13NO4. The van der Waals surface area contributed by atoms with Crippen molar-refractivity contribution in [3.05, 3.63) is 35.9 Å². The van der Waals surface area contributed by atoms with Crippen LogP contribution in [-0.4, -0.2) is 34.7 Å². The molecule has 5 heteroatoms. The molecule has 1 aromatic carbocycles. The van der Waals surface area contributed by atoms with Gasteiger partial charge in [0.2, 0.25) is 0 Å². The van der Waals surface area contributed by atoms with Crippen LogP contribution in [0, 0.1) is 0 Å². The van der Waals surface area contributed by atoms with Crippen LogP contribution in [0.3, 0.4) is 0 Å². The summed E-state index contributed by atoms with van der Waals surface area (Å²) in [7, 11) is 0. The number of aliphatic hydroxyl groups is 1. The molecule has 0 spiro atoms. The largest absolute Gasteiger partial charge is 0.479 e. The van der Waals surface area contributed by atoms with Gasteiger partial charge in [-0.15, -0.1) is 0 Å². The third-order valence-corrected chi connectivity index (χ3v) is 2.02. The van der Waals surface area contributed by atoms with Crippen LogP contribution in [0.15, 0.2) is 30.3 Å². The second-order valence-corrected chi connectivity index (χ2v) is 3.26. The molecule has 0 saturated heterocycles. The lowest BCUT2D eigenvalue weighted by Crippen LogP contribution is -2.29. The molecule has 0 aliphatic heterocycles. The number of hydrogen-bond acceptors (Lipinski definition) is 3. The van der Waals surface area contributed by atoms with Crippen molar-refractivity contribution in [3.8, 4) is 0 Å². The Bertz CT molecular complexity index is 364. The van der Waals surface area contributed by atoms with Crippen molar-refractivity contribution < 1.29 is 19.8 Å². The van der Waals surface area contributed by atoms with Crippen molar-refractivity contribution in [1.82, 2.24) is 5.32 Å². The Morgan fingerprint density at radius 1 is 1.25 bits per heavy atom. The van der Waals surface area contributed by atoms with Crippen LogP contribution in [0.1, 0.15) is 16.8 Å². The van der Waals surface area contributed by atoms with Gasteiger partial charge < -0.3 is 15.5 Å². The van der Waals surface area contributed by atoms with Gasteiger partial charge >= 0.3 is 5.97 Å². The molecule has 0 aliphatic carbocycles. The first-order chi connectivity index (χ1) is 7.61. The van der Waals surface area contributed by atoms with Gasteiger partial charge in [-0.25, -0.2) is 4.79 Å². The van der Waals surface area contributed by atoms with E-state index in [2.05, 4.69) is 5.32 Å². The van der Waals surface area contributed by atoms with Crippen LogP contribution in [0.2, 0.25) is 0 Å². The topological polar surface area (TPSA) is 86.6 Å². The van der Waals surface area contributed by atoms with E-state index in [0.717, 1.165) is 0 Å². The predicted octanol–water partition coefficient (Wildman–Crippen LogP) is 0.252. The van der Waals surface area contributed by atoms with Crippen LogP contribution in [-0.2, 0) is 4.79 Å². The number of carbonyl (C=O) groups is 2. The van der Waals surface area contributed by atoms with Gasteiger partial charge in [0.05, 0.1) is 0 Å². The Kier molecular flexibility index (Phi) is 4.47. The second-order valence-electron chi connectivity index (χ2n) is 3.26. The Labute approximate surface area is 92.7 Å². The third kappa shape index (κ3) is 3.70. The molecule has 0 saturated carbocycles. The fourth-order valence-electron chi connectivity index (χ4n) is 1.14. The van der Waals surface area contributed by atoms with Crippen molar-refractivity contribution in [2.75, 3.05) is 6.54 Å². The molecule has 0 heterocycles. The molecule has 0 fully saturated rings. The van der Waals surface area contributed by atoms with Gasteiger partial charge in [0.15, 0.2) is 6.10 Å². The van der Waals surface area contributed by atoms with Gasteiger partial charge in [0, 0.05) is 18.5 Å². The monoisotopic (exact) mass is 223 g/mol. The van der Waals surface area contributed by atoms with Crippen LogP contribution >= 0.6 is 0 Å². The average molecular weight is 223 g/mol. The van der Waals surface area contributed by atoms with Gasteiger partial charge in [-0.2, -0.15) is 0 Å². The quantitative estimate of drug-likeness (QED) is 0.668. The van der Waals surface area contributed by atoms with E-state index in [9.17, 15) is 9.59 Å². The zero-order valence-electron chi connectivity index (χ0n) is 8.59. The summed E-state index contributed by atoms with van der Waals surface area (Å²) in [5.41, 5.74) is 0.507. The number of amides is 1. The van der Waals surface area contributed by atoms with Crippen LogP contribution in [0.4, 0.5) is 0 Å². The molecule has 1 atom stereocenters. The van der Waals surface area contributed by atoms with E-state index >= 15 is 0 Å². The Balaban J connectivity index is 2.34. The van der Waals surface area contributed by atoms with Gasteiger partial charge in [-0.05, 0) is 12.1 Å². The highest BCUT2D eigenvalue weighted by Crippen LogP contribution is 1.98. The number of benzene rings is 1. The molecule has 1 unspecified atom stereocenters. The highest BCUT2D eigenvalue weighted by Gasteiger charge is 2.13. The lowest BCUT2D eigenvalue weighted by atomic mass is 10.2. The fourth-order valence-corrected chi connectivity index (χ4v) is 1.14. The molecule has 5 nitrogen and oxygen atoms in total. The number of aliphatic hydroxyl groups excluding tert-OH is 1. The number of carbonyl (C=O) groups excluding carboxylic acids is 1. The number of carboxylic acid groups (broad SMARTS) is 1. The zero-order chi connectivity index (χ0) is 12.0. The summed E-state index contributed by atoms with van der Waals surface area (Å²) in [6, 6.07) is 8.58. The molecule has 0 aliphatic rings. The van der Waals surface area contributed by atoms with E-state index < -0.39 is 12.1 Å². The first-order valence-corrected chi connectivity index (χ1v) is 4.85. The molecule has 1 rings (SSSR count). The molecule has 1 aromatic rings. The molecular weight excluding hydrogens is 210 g/mol. The third-order valence-electron chi connectivity index (χ3n) is 2.02. The van der Waals surface area contributed by atoms with Crippen LogP contribution in [0.5, 0.6) is 0 Å². The van der Waals surface area contributed by atoms with Gasteiger partial charge in [-0.1, -0.05) is 18.2 Å². The van der Waals surface area contributed by atoms with E-state index in [-0.39, 0.29) is 18.9 Å². The van der Waals surface area contributed by atoms with E-state index in [1.807, 2.05) is 0 Å². The summed E-state index contributed by atoms with van der Waals surface area (Å²) in [6.07, 6.45) is -1.44. The number of nitrogens with one attached hydrogen (secondary N) is 1. The molecule has 86 valence electrons. The Morgan fingerprint density at radius 3 is 2.44 bits per heavy atom. The molecule has 16 heavy (non-hydrogen) atoms. The summed E-state index contributed by atoms with van der Waals surface area (Å²) < 4.78 is 0. The number of aliphatic carboxylic acids is 1. The predicted molar refractivity (Wildman–Crippen MR) is 57.0 cm³/mol. The first-order valence-electron chi connectivity index (χ1n) is 4.85. The molecule has 0 bridgehead atoms. The maximum Gasteiger partial charge on any atom is 0.332 e. The maximum absolute atomic E-state index is 11.5. The van der Waals surface area contributed by atoms with Crippen LogP contribution < -0.4 is 5.32 Å². The normalized spacial score (nSPS) is 11.8. The maximum atomic E-state index is 11.5. The highest BCUT2D eigenvalue weighted by molar-refractivity contribution is 5.94. The Hall–Kier alpha value is -1.88. The van der Waals surface area contributed by atoms with Crippen molar-refractivity contribution in [1.29, 1.82) is 0 Å². The van der Waals surface area contributed by atoms with Gasteiger partial charge in [0.1, 0.15) is 0 Å². The minimum absolute atomic E-state index is 0.00604. The van der Waals surface area contributed by atoms with Crippen molar-refractivity contribution >= 4 is 11.9 Å². The standard InChI is InChI=1S/C11H13NO4/c13-9(11(15)16)6-7-12-10(14)8-4-2-1-3-5-8/h1-5,9,13H,6-7H2,(H,12,14)(H,15,16). The SMILES string of the molecule is O=C(NCCC(O)C(=O)O)c1ccccc1. The fraction of sp³-hybridized carbons (Fsp3) is 0.273. The number of rotatable bonds is 5. The van der Waals surface area contributed by atoms with Crippen molar-refractivity contribution in [2.24, 2.45) is 0 Å².